The van der Waals surface area contributed by atoms with E-state index in [0.717, 1.165) is 16.9 Å². The zero-order valence-electron chi connectivity index (χ0n) is 20.3. The van der Waals surface area contributed by atoms with Crippen LogP contribution in [0.1, 0.15) is 5.56 Å². The van der Waals surface area contributed by atoms with Crippen molar-refractivity contribution in [2.24, 2.45) is 0 Å². The predicted octanol–water partition coefficient (Wildman–Crippen LogP) is 9.65. The molecule has 3 aromatic heterocycles. The number of hydrogen-bond donors (Lipinski definition) is 0. The number of rotatable bonds is 2. The lowest BCUT2D eigenvalue weighted by Crippen LogP contribution is -1.93. The van der Waals surface area contributed by atoms with E-state index in [1.165, 1.54) is 58.5 Å². The lowest BCUT2D eigenvalue weighted by atomic mass is 10.0. The highest BCUT2D eigenvalue weighted by Gasteiger charge is 2.15. The normalized spacial score (nSPS) is 11.9. The lowest BCUT2D eigenvalue weighted by Gasteiger charge is -2.11. The van der Waals surface area contributed by atoms with Gasteiger partial charge >= 0.3 is 0 Å². The van der Waals surface area contributed by atoms with Crippen molar-refractivity contribution in [1.29, 1.82) is 0 Å². The fraction of sp³-hybridized carbons (Fsp3) is 0.0294. The molecule has 0 spiro atoms. The molecule has 0 saturated carbocycles. The Morgan fingerprint density at radius 3 is 2.05 bits per heavy atom. The summed E-state index contributed by atoms with van der Waals surface area (Å²) in [5.41, 5.74) is 8.32. The summed E-state index contributed by atoms with van der Waals surface area (Å²) in [7, 11) is 0. The highest BCUT2D eigenvalue weighted by atomic mass is 32.1. The van der Waals surface area contributed by atoms with Crippen molar-refractivity contribution in [2.45, 2.75) is 6.92 Å². The van der Waals surface area contributed by atoms with Crippen molar-refractivity contribution in [3.8, 4) is 22.4 Å². The van der Waals surface area contributed by atoms with E-state index in [1.54, 1.807) is 0 Å². The molecule has 0 N–H and O–H groups in total. The highest BCUT2D eigenvalue weighted by Crippen LogP contribution is 2.41. The Bertz CT molecular complexity index is 2150. The summed E-state index contributed by atoms with van der Waals surface area (Å²) in [6.07, 6.45) is 2.01. The third-order valence-electron chi connectivity index (χ3n) is 7.58. The largest absolute Gasteiger partial charge is 0.292 e. The molecule has 0 unspecified atom stereocenters. The number of benzene rings is 5. The molecular weight excluding hydrogens is 468 g/mol. The van der Waals surface area contributed by atoms with Gasteiger partial charge in [-0.25, -0.2) is 4.98 Å². The number of para-hydroxylation sites is 1. The van der Waals surface area contributed by atoms with Crippen LogP contribution < -0.4 is 0 Å². The maximum Gasteiger partial charge on any atom is 0.145 e. The van der Waals surface area contributed by atoms with Crippen molar-refractivity contribution in [2.75, 3.05) is 0 Å². The average Bonchev–Trinajstić information content (AvgIpc) is 3.57. The molecule has 0 fully saturated rings. The number of imidazole rings is 1. The first-order valence-corrected chi connectivity index (χ1v) is 13.4. The minimum atomic E-state index is 0.999. The fourth-order valence-electron chi connectivity index (χ4n) is 5.81. The van der Waals surface area contributed by atoms with Crippen LogP contribution in [0.15, 0.2) is 115 Å². The summed E-state index contributed by atoms with van der Waals surface area (Å²) in [5, 5.41) is 6.35. The molecule has 0 aliphatic carbocycles. The van der Waals surface area contributed by atoms with Gasteiger partial charge in [-0.05, 0) is 35.1 Å². The molecule has 5 aromatic carbocycles. The molecular formula is C34H22N2S. The molecule has 3 heteroatoms. The van der Waals surface area contributed by atoms with Crippen LogP contribution in [-0.2, 0) is 0 Å². The molecule has 0 atom stereocenters. The van der Waals surface area contributed by atoms with Crippen molar-refractivity contribution >= 4 is 58.8 Å². The van der Waals surface area contributed by atoms with Crippen molar-refractivity contribution in [3.05, 3.63) is 121 Å². The van der Waals surface area contributed by atoms with Gasteiger partial charge in [0, 0.05) is 36.5 Å². The Morgan fingerprint density at radius 1 is 0.568 bits per heavy atom. The van der Waals surface area contributed by atoms with Crippen LogP contribution >= 0.6 is 11.3 Å². The van der Waals surface area contributed by atoms with Crippen LogP contribution in [0.4, 0.5) is 0 Å². The summed E-state index contributed by atoms with van der Waals surface area (Å²) < 4.78 is 5.04. The zero-order chi connectivity index (χ0) is 24.5. The SMILES string of the molecule is Cc1cccc2c1sc1c(-c3ccc(-c4cnc5c6ccccc6c6ccccc6n45)cc3)cccc12. The summed E-state index contributed by atoms with van der Waals surface area (Å²) in [6, 6.07) is 39.4. The molecule has 37 heavy (non-hydrogen) atoms. The maximum atomic E-state index is 4.89. The van der Waals surface area contributed by atoms with E-state index in [9.17, 15) is 0 Å². The summed E-state index contributed by atoms with van der Waals surface area (Å²) in [5.74, 6) is 0. The number of nitrogens with zero attached hydrogens (tertiary/aromatic N) is 2. The maximum absolute atomic E-state index is 4.89. The minimum Gasteiger partial charge on any atom is -0.292 e. The number of aryl methyl sites for hydroxylation is 1. The topological polar surface area (TPSA) is 17.3 Å². The zero-order valence-corrected chi connectivity index (χ0v) is 21.1. The molecule has 8 rings (SSSR count). The second-order valence-electron chi connectivity index (χ2n) is 9.68. The second kappa shape index (κ2) is 7.76. The third kappa shape index (κ3) is 2.95. The summed E-state index contributed by atoms with van der Waals surface area (Å²) >= 11 is 1.90. The molecule has 0 amide bonds. The van der Waals surface area contributed by atoms with E-state index < -0.39 is 0 Å². The van der Waals surface area contributed by atoms with Crippen LogP contribution in [0.25, 0.3) is 69.9 Å². The van der Waals surface area contributed by atoms with Gasteiger partial charge in [0.25, 0.3) is 0 Å². The highest BCUT2D eigenvalue weighted by molar-refractivity contribution is 7.26. The number of pyridine rings is 1. The van der Waals surface area contributed by atoms with Gasteiger partial charge in [-0.15, -0.1) is 11.3 Å². The van der Waals surface area contributed by atoms with Gasteiger partial charge in [-0.1, -0.05) is 103 Å². The van der Waals surface area contributed by atoms with E-state index >= 15 is 0 Å². The predicted molar refractivity (Wildman–Crippen MR) is 159 cm³/mol. The standard InChI is InChI=1S/C34H22N2S/c1-21-8-6-13-27-28-14-7-12-24(33(28)37-32(21)27)22-16-18-23(19-17-22)31-20-35-34-29-11-3-2-9-25(29)26-10-4-5-15-30(26)36(31)34/h2-20H,1H3. The summed E-state index contributed by atoms with van der Waals surface area (Å²) in [4.78, 5) is 4.89. The molecule has 0 saturated heterocycles. The molecule has 0 aliphatic heterocycles. The molecule has 0 bridgehead atoms. The van der Waals surface area contributed by atoms with Crippen molar-refractivity contribution in [3.63, 3.8) is 0 Å². The molecule has 0 aliphatic rings. The Kier molecular flexibility index (Phi) is 4.34. The third-order valence-corrected chi connectivity index (χ3v) is 8.97. The van der Waals surface area contributed by atoms with Gasteiger partial charge in [0.2, 0.25) is 0 Å². The Labute approximate surface area is 218 Å². The van der Waals surface area contributed by atoms with Crippen molar-refractivity contribution in [1.82, 2.24) is 9.38 Å². The second-order valence-corrected chi connectivity index (χ2v) is 10.7. The van der Waals surface area contributed by atoms with Gasteiger partial charge in [0.05, 0.1) is 17.4 Å². The van der Waals surface area contributed by atoms with E-state index in [-0.39, 0.29) is 0 Å². The molecule has 0 radical (unpaired) electrons. The summed E-state index contributed by atoms with van der Waals surface area (Å²) in [6.45, 7) is 2.20. The van der Waals surface area contributed by atoms with Crippen LogP contribution in [0.3, 0.4) is 0 Å². The monoisotopic (exact) mass is 490 g/mol. The van der Waals surface area contributed by atoms with E-state index in [4.69, 9.17) is 4.98 Å². The van der Waals surface area contributed by atoms with Crippen molar-refractivity contribution < 1.29 is 0 Å². The van der Waals surface area contributed by atoms with E-state index in [1.807, 2.05) is 17.5 Å². The Balaban J connectivity index is 1.32. The van der Waals surface area contributed by atoms with Gasteiger partial charge in [0.15, 0.2) is 0 Å². The number of fused-ring (bicyclic) bond motifs is 9. The minimum absolute atomic E-state index is 0.999. The molecule has 8 aromatic rings. The van der Waals surface area contributed by atoms with Gasteiger partial charge in [0.1, 0.15) is 5.65 Å². The lowest BCUT2D eigenvalue weighted by molar-refractivity contribution is 1.27. The quantitative estimate of drug-likeness (QED) is 0.220. The van der Waals surface area contributed by atoms with Gasteiger partial charge < -0.3 is 0 Å². The first kappa shape index (κ1) is 20.7. The van der Waals surface area contributed by atoms with Gasteiger partial charge in [-0.2, -0.15) is 0 Å². The first-order chi connectivity index (χ1) is 18.3. The van der Waals surface area contributed by atoms with E-state index in [0.29, 0.717) is 0 Å². The number of aromatic nitrogens is 2. The fourth-order valence-corrected chi connectivity index (χ4v) is 7.11. The Hall–Kier alpha value is -4.47. The van der Waals surface area contributed by atoms with Crippen LogP contribution in [0.5, 0.6) is 0 Å². The first-order valence-electron chi connectivity index (χ1n) is 12.6. The van der Waals surface area contributed by atoms with Crippen LogP contribution in [-0.4, -0.2) is 9.38 Å². The van der Waals surface area contributed by atoms with Crippen LogP contribution in [0.2, 0.25) is 0 Å². The molecule has 174 valence electrons. The Morgan fingerprint density at radius 2 is 1.22 bits per heavy atom. The molecule has 3 heterocycles. The molecule has 2 nitrogen and oxygen atoms in total. The van der Waals surface area contributed by atoms with Gasteiger partial charge in [-0.3, -0.25) is 4.40 Å². The average molecular weight is 491 g/mol. The number of hydrogen-bond acceptors (Lipinski definition) is 2. The van der Waals surface area contributed by atoms with E-state index in [2.05, 4.69) is 121 Å². The smallest absolute Gasteiger partial charge is 0.145 e. The number of thiophene rings is 1. The van der Waals surface area contributed by atoms with Crippen LogP contribution in [0, 0.1) is 6.92 Å².